The molecule has 0 aliphatic rings. The Balaban J connectivity index is 1.78. The van der Waals surface area contributed by atoms with Crippen LogP contribution in [0.25, 0.3) is 11.5 Å². The van der Waals surface area contributed by atoms with Crippen molar-refractivity contribution in [3.05, 3.63) is 65.5 Å². The molecule has 1 heterocycles. The van der Waals surface area contributed by atoms with Crippen LogP contribution in [0.15, 0.2) is 47.0 Å². The van der Waals surface area contributed by atoms with Gasteiger partial charge in [0.15, 0.2) is 6.10 Å². The Bertz CT molecular complexity index is 889. The average Bonchev–Trinajstić information content (AvgIpc) is 3.04. The molecule has 6 nitrogen and oxygen atoms in total. The summed E-state index contributed by atoms with van der Waals surface area (Å²) in [5.41, 5.74) is -0.230. The molecule has 0 spiro atoms. The maximum atomic E-state index is 13.7. The zero-order chi connectivity index (χ0) is 18.0. The molecule has 0 aliphatic carbocycles. The number of nitrogens with zero attached hydrogens (tertiary/aromatic N) is 2. The van der Waals surface area contributed by atoms with Crippen molar-refractivity contribution in [2.75, 3.05) is 0 Å². The molecule has 2 aromatic carbocycles. The van der Waals surface area contributed by atoms with Gasteiger partial charge in [-0.25, -0.2) is 13.6 Å². The Kier molecular flexibility index (Phi) is 4.42. The van der Waals surface area contributed by atoms with Crippen LogP contribution in [-0.4, -0.2) is 21.2 Å². The van der Waals surface area contributed by atoms with Gasteiger partial charge < -0.3 is 14.4 Å². The smallest absolute Gasteiger partial charge is 0.344 e. The first-order valence-electron chi connectivity index (χ1n) is 7.23. The van der Waals surface area contributed by atoms with Crippen molar-refractivity contribution in [3.63, 3.8) is 0 Å². The van der Waals surface area contributed by atoms with Crippen LogP contribution in [0.3, 0.4) is 0 Å². The lowest BCUT2D eigenvalue weighted by Gasteiger charge is -2.10. The highest BCUT2D eigenvalue weighted by atomic mass is 19.1. The number of benzene rings is 2. The van der Waals surface area contributed by atoms with Gasteiger partial charge in [-0.2, -0.15) is 4.98 Å². The number of esters is 1. The average molecular weight is 346 g/mol. The van der Waals surface area contributed by atoms with Gasteiger partial charge in [-0.05, 0) is 19.1 Å². The number of ether oxygens (including phenoxy) is 1. The Morgan fingerprint density at radius 2 is 1.84 bits per heavy atom. The SMILES string of the molecule is CC(OC(=O)c1c(F)cc(O)cc1F)c1noc(-c2ccccc2)n1. The minimum Gasteiger partial charge on any atom is -0.508 e. The van der Waals surface area contributed by atoms with Crippen LogP contribution in [0.2, 0.25) is 0 Å². The minimum atomic E-state index is -1.24. The number of hydrogen-bond donors (Lipinski definition) is 1. The molecule has 0 fully saturated rings. The molecule has 0 amide bonds. The van der Waals surface area contributed by atoms with Gasteiger partial charge in [-0.1, -0.05) is 23.4 Å². The second-order valence-electron chi connectivity index (χ2n) is 5.16. The second-order valence-corrected chi connectivity index (χ2v) is 5.16. The molecule has 3 aromatic rings. The first kappa shape index (κ1) is 16.6. The maximum absolute atomic E-state index is 13.7. The number of hydrogen-bond acceptors (Lipinski definition) is 6. The lowest BCUT2D eigenvalue weighted by atomic mass is 10.2. The molecule has 0 aliphatic heterocycles. The van der Waals surface area contributed by atoms with E-state index in [4.69, 9.17) is 14.4 Å². The van der Waals surface area contributed by atoms with E-state index in [0.29, 0.717) is 17.7 Å². The molecule has 1 aromatic heterocycles. The van der Waals surface area contributed by atoms with Crippen LogP contribution in [0.5, 0.6) is 5.75 Å². The van der Waals surface area contributed by atoms with Gasteiger partial charge in [0.05, 0.1) is 0 Å². The fraction of sp³-hybridized carbons (Fsp3) is 0.118. The van der Waals surface area contributed by atoms with E-state index in [-0.39, 0.29) is 11.7 Å². The van der Waals surface area contributed by atoms with E-state index < -0.39 is 35.0 Å². The Morgan fingerprint density at radius 1 is 1.20 bits per heavy atom. The van der Waals surface area contributed by atoms with E-state index in [1.807, 2.05) is 6.07 Å². The number of phenols is 1. The van der Waals surface area contributed by atoms with E-state index in [1.165, 1.54) is 6.92 Å². The number of phenolic OH excluding ortho intramolecular Hbond substituents is 1. The summed E-state index contributed by atoms with van der Waals surface area (Å²) in [5.74, 6) is -4.06. The Morgan fingerprint density at radius 3 is 2.48 bits per heavy atom. The number of aromatic nitrogens is 2. The molecule has 0 bridgehead atoms. The lowest BCUT2D eigenvalue weighted by Crippen LogP contribution is -2.13. The molecule has 0 radical (unpaired) electrons. The van der Waals surface area contributed by atoms with Crippen LogP contribution in [0.4, 0.5) is 8.78 Å². The van der Waals surface area contributed by atoms with Crippen molar-refractivity contribution in [1.29, 1.82) is 0 Å². The standard InChI is InChI=1S/C17H12F2N2O4/c1-9(15-20-16(25-21-15)10-5-3-2-4-6-10)24-17(23)14-12(18)7-11(22)8-13(14)19/h2-9,22H,1H3. The van der Waals surface area contributed by atoms with Crippen LogP contribution in [0, 0.1) is 11.6 Å². The van der Waals surface area contributed by atoms with Crippen LogP contribution >= 0.6 is 0 Å². The lowest BCUT2D eigenvalue weighted by molar-refractivity contribution is 0.0304. The highest BCUT2D eigenvalue weighted by Gasteiger charge is 2.25. The third-order valence-corrected chi connectivity index (χ3v) is 3.34. The first-order chi connectivity index (χ1) is 12.0. The fourth-order valence-corrected chi connectivity index (χ4v) is 2.12. The van der Waals surface area contributed by atoms with Gasteiger partial charge in [-0.3, -0.25) is 0 Å². The summed E-state index contributed by atoms with van der Waals surface area (Å²) in [7, 11) is 0. The van der Waals surface area contributed by atoms with Crippen LogP contribution in [0.1, 0.15) is 29.2 Å². The summed E-state index contributed by atoms with van der Waals surface area (Å²) in [6.45, 7) is 1.44. The van der Waals surface area contributed by atoms with Crippen molar-refractivity contribution in [1.82, 2.24) is 10.1 Å². The fourth-order valence-electron chi connectivity index (χ4n) is 2.12. The van der Waals surface area contributed by atoms with E-state index in [9.17, 15) is 13.6 Å². The van der Waals surface area contributed by atoms with E-state index in [2.05, 4.69) is 10.1 Å². The monoisotopic (exact) mass is 346 g/mol. The molecule has 0 saturated carbocycles. The largest absolute Gasteiger partial charge is 0.508 e. The zero-order valence-corrected chi connectivity index (χ0v) is 12.9. The highest BCUT2D eigenvalue weighted by Crippen LogP contribution is 2.24. The third kappa shape index (κ3) is 3.47. The molecule has 25 heavy (non-hydrogen) atoms. The number of aromatic hydroxyl groups is 1. The summed E-state index contributed by atoms with van der Waals surface area (Å²) >= 11 is 0. The quantitative estimate of drug-likeness (QED) is 0.726. The van der Waals surface area contributed by atoms with E-state index in [0.717, 1.165) is 0 Å². The molecule has 1 unspecified atom stereocenters. The number of carbonyl (C=O) groups is 1. The van der Waals surface area contributed by atoms with Crippen LogP contribution in [-0.2, 0) is 4.74 Å². The minimum absolute atomic E-state index is 0.0480. The third-order valence-electron chi connectivity index (χ3n) is 3.34. The highest BCUT2D eigenvalue weighted by molar-refractivity contribution is 5.90. The predicted octanol–water partition coefficient (Wildman–Crippen LogP) is 3.64. The summed E-state index contributed by atoms with van der Waals surface area (Å²) in [5, 5.41) is 12.8. The molecule has 128 valence electrons. The molecular formula is C17H12F2N2O4. The van der Waals surface area contributed by atoms with Crippen molar-refractivity contribution in [2.45, 2.75) is 13.0 Å². The second kappa shape index (κ2) is 6.68. The molecular weight excluding hydrogens is 334 g/mol. The first-order valence-corrected chi connectivity index (χ1v) is 7.23. The van der Waals surface area contributed by atoms with Crippen molar-refractivity contribution in [3.8, 4) is 17.2 Å². The summed E-state index contributed by atoms with van der Waals surface area (Å²) in [4.78, 5) is 16.1. The normalized spacial score (nSPS) is 12.0. The van der Waals surface area contributed by atoms with Gasteiger partial charge in [0.2, 0.25) is 5.82 Å². The molecule has 1 atom stereocenters. The van der Waals surface area contributed by atoms with Gasteiger partial charge in [0.25, 0.3) is 5.89 Å². The predicted molar refractivity (Wildman–Crippen MR) is 81.6 cm³/mol. The van der Waals surface area contributed by atoms with E-state index >= 15 is 0 Å². The van der Waals surface area contributed by atoms with E-state index in [1.54, 1.807) is 24.3 Å². The van der Waals surface area contributed by atoms with Crippen LogP contribution < -0.4 is 0 Å². The molecule has 1 N–H and O–H groups in total. The maximum Gasteiger partial charge on any atom is 0.344 e. The van der Waals surface area contributed by atoms with Gasteiger partial charge >= 0.3 is 5.97 Å². The summed E-state index contributed by atoms with van der Waals surface area (Å²) in [6, 6.07) is 10.2. The van der Waals surface area contributed by atoms with Gasteiger partial charge in [0.1, 0.15) is 22.9 Å². The molecule has 8 heteroatoms. The number of halogens is 2. The van der Waals surface area contributed by atoms with Gasteiger partial charge in [0, 0.05) is 17.7 Å². The van der Waals surface area contributed by atoms with Gasteiger partial charge in [-0.15, -0.1) is 0 Å². The molecule has 0 saturated heterocycles. The van der Waals surface area contributed by atoms with Crippen molar-refractivity contribution < 1.29 is 27.9 Å². The summed E-state index contributed by atoms with van der Waals surface area (Å²) in [6.07, 6.45) is -0.999. The number of rotatable bonds is 4. The Labute approximate surface area is 140 Å². The summed E-state index contributed by atoms with van der Waals surface area (Å²) < 4.78 is 37.5. The van der Waals surface area contributed by atoms with Crippen molar-refractivity contribution in [2.24, 2.45) is 0 Å². The topological polar surface area (TPSA) is 85.5 Å². The van der Waals surface area contributed by atoms with Crippen molar-refractivity contribution >= 4 is 5.97 Å². The molecule has 3 rings (SSSR count). The Hall–Kier alpha value is -3.29. The zero-order valence-electron chi connectivity index (χ0n) is 12.9. The number of carbonyl (C=O) groups excluding carboxylic acids is 1.